The normalized spacial score (nSPS) is 30.4. The Morgan fingerprint density at radius 2 is 2.19 bits per heavy atom. The third-order valence-electron chi connectivity index (χ3n) is 3.81. The van der Waals surface area contributed by atoms with Crippen molar-refractivity contribution in [3.8, 4) is 0 Å². The first-order valence-electron chi connectivity index (χ1n) is 5.79. The predicted octanol–water partition coefficient (Wildman–Crippen LogP) is 3.95. The summed E-state index contributed by atoms with van der Waals surface area (Å²) in [5.41, 5.74) is 6.60. The topological polar surface area (TPSA) is 26.0 Å². The van der Waals surface area contributed by atoms with Gasteiger partial charge in [0, 0.05) is 11.1 Å². The fraction of sp³-hybridized carbons (Fsp3) is 0.538. The quantitative estimate of drug-likeness (QED) is 0.831. The zero-order valence-electron chi connectivity index (χ0n) is 9.47. The standard InChI is InChI=1S/C13H17BrFN/c1-9-5-2-3-8-13(9,16)10-6-4-7-11(14)12(10)15/h4,6-7,9H,2-3,5,8,16H2,1H3. The van der Waals surface area contributed by atoms with E-state index in [-0.39, 0.29) is 5.82 Å². The Labute approximate surface area is 104 Å². The van der Waals surface area contributed by atoms with Crippen LogP contribution in [0.3, 0.4) is 0 Å². The average Bonchev–Trinajstić information content (AvgIpc) is 2.26. The van der Waals surface area contributed by atoms with Crippen molar-refractivity contribution in [1.82, 2.24) is 0 Å². The highest BCUT2D eigenvalue weighted by Crippen LogP contribution is 2.41. The van der Waals surface area contributed by atoms with Gasteiger partial charge in [0.1, 0.15) is 5.82 Å². The molecule has 1 nitrogen and oxygen atoms in total. The molecule has 0 aliphatic heterocycles. The van der Waals surface area contributed by atoms with Crippen LogP contribution in [0.25, 0.3) is 0 Å². The van der Waals surface area contributed by atoms with Crippen molar-refractivity contribution >= 4 is 15.9 Å². The molecule has 0 spiro atoms. The largest absolute Gasteiger partial charge is 0.321 e. The van der Waals surface area contributed by atoms with E-state index in [2.05, 4.69) is 22.9 Å². The molecule has 0 aromatic heterocycles. The van der Waals surface area contributed by atoms with Crippen LogP contribution in [-0.2, 0) is 5.54 Å². The minimum Gasteiger partial charge on any atom is -0.321 e. The number of benzene rings is 1. The minimum absolute atomic E-state index is 0.196. The molecule has 1 saturated carbocycles. The highest BCUT2D eigenvalue weighted by atomic mass is 79.9. The summed E-state index contributed by atoms with van der Waals surface area (Å²) in [5, 5.41) is 0. The van der Waals surface area contributed by atoms with E-state index in [1.807, 2.05) is 12.1 Å². The molecule has 2 rings (SSSR count). The van der Waals surface area contributed by atoms with Gasteiger partial charge in [0.15, 0.2) is 0 Å². The number of rotatable bonds is 1. The molecular weight excluding hydrogens is 269 g/mol. The summed E-state index contributed by atoms with van der Waals surface area (Å²) in [5.74, 6) is 0.142. The summed E-state index contributed by atoms with van der Waals surface area (Å²) < 4.78 is 14.6. The molecule has 2 atom stereocenters. The molecule has 1 aliphatic carbocycles. The lowest BCUT2D eigenvalue weighted by molar-refractivity contribution is 0.201. The van der Waals surface area contributed by atoms with E-state index in [0.29, 0.717) is 16.0 Å². The Morgan fingerprint density at radius 3 is 2.88 bits per heavy atom. The van der Waals surface area contributed by atoms with Crippen LogP contribution in [0.15, 0.2) is 22.7 Å². The number of hydrogen-bond donors (Lipinski definition) is 1. The molecule has 1 aromatic carbocycles. The molecule has 0 amide bonds. The molecule has 1 aromatic rings. The monoisotopic (exact) mass is 285 g/mol. The number of halogens is 2. The van der Waals surface area contributed by atoms with Crippen LogP contribution < -0.4 is 5.73 Å². The minimum atomic E-state index is -0.494. The zero-order valence-corrected chi connectivity index (χ0v) is 11.1. The van der Waals surface area contributed by atoms with Gasteiger partial charge in [-0.05, 0) is 40.8 Å². The van der Waals surface area contributed by atoms with Crippen LogP contribution in [0.1, 0.15) is 38.2 Å². The van der Waals surface area contributed by atoms with Crippen LogP contribution in [0.5, 0.6) is 0 Å². The van der Waals surface area contributed by atoms with Gasteiger partial charge < -0.3 is 5.73 Å². The van der Waals surface area contributed by atoms with Crippen molar-refractivity contribution in [3.05, 3.63) is 34.1 Å². The molecule has 0 heterocycles. The lowest BCUT2D eigenvalue weighted by Gasteiger charge is -2.40. The second-order valence-corrected chi connectivity index (χ2v) is 5.64. The summed E-state index contributed by atoms with van der Waals surface area (Å²) in [7, 11) is 0. The zero-order chi connectivity index (χ0) is 11.8. The van der Waals surface area contributed by atoms with E-state index in [4.69, 9.17) is 5.73 Å². The van der Waals surface area contributed by atoms with Crippen molar-refractivity contribution in [2.75, 3.05) is 0 Å². The van der Waals surface area contributed by atoms with Crippen LogP contribution in [-0.4, -0.2) is 0 Å². The lowest BCUT2D eigenvalue weighted by Crippen LogP contribution is -2.45. The van der Waals surface area contributed by atoms with E-state index < -0.39 is 5.54 Å². The summed E-state index contributed by atoms with van der Waals surface area (Å²) in [6.45, 7) is 2.12. The van der Waals surface area contributed by atoms with Gasteiger partial charge in [-0.3, -0.25) is 0 Å². The Balaban J connectivity index is 2.45. The number of hydrogen-bond acceptors (Lipinski definition) is 1. The lowest BCUT2D eigenvalue weighted by atomic mass is 9.70. The van der Waals surface area contributed by atoms with Crippen molar-refractivity contribution in [2.24, 2.45) is 11.7 Å². The van der Waals surface area contributed by atoms with Crippen molar-refractivity contribution in [3.63, 3.8) is 0 Å². The average molecular weight is 286 g/mol. The molecule has 3 heteroatoms. The van der Waals surface area contributed by atoms with Crippen molar-refractivity contribution in [2.45, 2.75) is 38.1 Å². The Kier molecular flexibility index (Phi) is 3.36. The SMILES string of the molecule is CC1CCCCC1(N)c1cccc(Br)c1F. The van der Waals surface area contributed by atoms with Gasteiger partial charge >= 0.3 is 0 Å². The smallest absolute Gasteiger partial charge is 0.142 e. The second-order valence-electron chi connectivity index (χ2n) is 4.79. The summed E-state index contributed by atoms with van der Waals surface area (Å²) in [6, 6.07) is 5.40. The summed E-state index contributed by atoms with van der Waals surface area (Å²) in [6.07, 6.45) is 4.26. The number of nitrogens with two attached hydrogens (primary N) is 1. The summed E-state index contributed by atoms with van der Waals surface area (Å²) >= 11 is 3.23. The molecule has 16 heavy (non-hydrogen) atoms. The molecule has 1 fully saturated rings. The highest BCUT2D eigenvalue weighted by molar-refractivity contribution is 9.10. The maximum Gasteiger partial charge on any atom is 0.142 e. The maximum atomic E-state index is 14.1. The summed E-state index contributed by atoms with van der Waals surface area (Å²) in [4.78, 5) is 0. The van der Waals surface area contributed by atoms with Crippen molar-refractivity contribution in [1.29, 1.82) is 0 Å². The van der Waals surface area contributed by atoms with Crippen LogP contribution >= 0.6 is 15.9 Å². The molecule has 0 bridgehead atoms. The van der Waals surface area contributed by atoms with E-state index in [1.165, 1.54) is 6.42 Å². The fourth-order valence-corrected chi connectivity index (χ4v) is 3.00. The van der Waals surface area contributed by atoms with Crippen LogP contribution in [0, 0.1) is 11.7 Å². The molecule has 0 radical (unpaired) electrons. The fourth-order valence-electron chi connectivity index (χ4n) is 2.64. The first-order chi connectivity index (χ1) is 7.55. The Bertz CT molecular complexity index is 394. The van der Waals surface area contributed by atoms with Gasteiger partial charge in [0.25, 0.3) is 0 Å². The van der Waals surface area contributed by atoms with Gasteiger partial charge in [-0.25, -0.2) is 4.39 Å². The van der Waals surface area contributed by atoms with E-state index in [9.17, 15) is 4.39 Å². The van der Waals surface area contributed by atoms with Crippen LogP contribution in [0.2, 0.25) is 0 Å². The van der Waals surface area contributed by atoms with Gasteiger partial charge in [-0.2, -0.15) is 0 Å². The molecular formula is C13H17BrFN. The Morgan fingerprint density at radius 1 is 1.44 bits per heavy atom. The first-order valence-corrected chi connectivity index (χ1v) is 6.58. The van der Waals surface area contributed by atoms with Crippen LogP contribution in [0.4, 0.5) is 4.39 Å². The third-order valence-corrected chi connectivity index (χ3v) is 4.42. The molecule has 1 aliphatic rings. The molecule has 2 unspecified atom stereocenters. The Hall–Kier alpha value is -0.410. The maximum absolute atomic E-state index is 14.1. The van der Waals surface area contributed by atoms with Gasteiger partial charge in [-0.15, -0.1) is 0 Å². The van der Waals surface area contributed by atoms with Gasteiger partial charge in [0.05, 0.1) is 4.47 Å². The molecule has 88 valence electrons. The van der Waals surface area contributed by atoms with E-state index >= 15 is 0 Å². The third kappa shape index (κ3) is 1.91. The predicted molar refractivity (Wildman–Crippen MR) is 67.6 cm³/mol. The van der Waals surface area contributed by atoms with Gasteiger partial charge in [0.2, 0.25) is 0 Å². The van der Waals surface area contributed by atoms with Crippen molar-refractivity contribution < 1.29 is 4.39 Å². The van der Waals surface area contributed by atoms with E-state index in [0.717, 1.165) is 19.3 Å². The van der Waals surface area contributed by atoms with Gasteiger partial charge in [-0.1, -0.05) is 31.9 Å². The van der Waals surface area contributed by atoms with E-state index in [1.54, 1.807) is 6.07 Å². The molecule has 0 saturated heterocycles. The second kappa shape index (κ2) is 4.46. The first kappa shape index (κ1) is 12.1. The highest BCUT2D eigenvalue weighted by Gasteiger charge is 2.38. The molecule has 2 N–H and O–H groups in total.